The van der Waals surface area contributed by atoms with Gasteiger partial charge in [-0.2, -0.15) is 0 Å². The van der Waals surface area contributed by atoms with E-state index in [0.29, 0.717) is 18.8 Å². The number of carboxylic acids is 1. The largest absolute Gasteiger partial charge is 0.481 e. The van der Waals surface area contributed by atoms with Gasteiger partial charge in [0.05, 0.1) is 5.92 Å². The average Bonchev–Trinajstić information content (AvgIpc) is 2.49. The van der Waals surface area contributed by atoms with Crippen molar-refractivity contribution in [2.45, 2.75) is 46.0 Å². The summed E-state index contributed by atoms with van der Waals surface area (Å²) in [6.45, 7) is 6.24. The van der Waals surface area contributed by atoms with E-state index in [1.807, 2.05) is 44.2 Å². The maximum atomic E-state index is 12.1. The molecule has 4 nitrogen and oxygen atoms in total. The number of benzene rings is 1. The quantitative estimate of drug-likeness (QED) is 0.734. The second-order valence-corrected chi connectivity index (χ2v) is 6.19. The van der Waals surface area contributed by atoms with Crippen LogP contribution in [-0.4, -0.2) is 23.5 Å². The van der Waals surface area contributed by atoms with Crippen molar-refractivity contribution in [3.05, 3.63) is 35.9 Å². The third kappa shape index (κ3) is 6.29. The number of nitrogens with one attached hydrogen (secondary N) is 1. The van der Waals surface area contributed by atoms with Gasteiger partial charge in [0, 0.05) is 13.0 Å². The number of aliphatic carboxylic acids is 1. The molecule has 0 saturated carbocycles. The van der Waals surface area contributed by atoms with Gasteiger partial charge in [-0.15, -0.1) is 0 Å². The second-order valence-electron chi connectivity index (χ2n) is 6.19. The lowest BCUT2D eigenvalue weighted by atomic mass is 9.92. The summed E-state index contributed by atoms with van der Waals surface area (Å²) in [5.74, 6) is -0.962. The highest BCUT2D eigenvalue weighted by Crippen LogP contribution is 2.22. The molecule has 22 heavy (non-hydrogen) atoms. The monoisotopic (exact) mass is 305 g/mol. The molecule has 0 aromatic heterocycles. The molecule has 0 heterocycles. The molecule has 0 aliphatic heterocycles. The van der Waals surface area contributed by atoms with Crippen molar-refractivity contribution in [2.75, 3.05) is 6.54 Å². The van der Waals surface area contributed by atoms with Crippen LogP contribution in [0.25, 0.3) is 0 Å². The van der Waals surface area contributed by atoms with E-state index < -0.39 is 11.9 Å². The Labute approximate surface area is 132 Å². The average molecular weight is 305 g/mol. The van der Waals surface area contributed by atoms with Crippen molar-refractivity contribution in [2.24, 2.45) is 11.8 Å². The first kappa shape index (κ1) is 18.2. The van der Waals surface area contributed by atoms with Crippen LogP contribution in [0.15, 0.2) is 30.3 Å². The molecular weight excluding hydrogens is 278 g/mol. The highest BCUT2D eigenvalue weighted by atomic mass is 16.4. The van der Waals surface area contributed by atoms with E-state index in [9.17, 15) is 14.7 Å². The van der Waals surface area contributed by atoms with Crippen molar-refractivity contribution in [1.82, 2.24) is 5.32 Å². The van der Waals surface area contributed by atoms with E-state index >= 15 is 0 Å². The Morgan fingerprint density at radius 3 is 2.32 bits per heavy atom. The minimum absolute atomic E-state index is 0.0780. The summed E-state index contributed by atoms with van der Waals surface area (Å²) in [7, 11) is 0. The molecule has 0 spiro atoms. The number of rotatable bonds is 9. The van der Waals surface area contributed by atoms with E-state index in [0.717, 1.165) is 12.0 Å². The highest BCUT2D eigenvalue weighted by Gasteiger charge is 2.20. The maximum absolute atomic E-state index is 12.1. The molecule has 0 saturated heterocycles. The molecule has 0 bridgehead atoms. The van der Waals surface area contributed by atoms with Crippen LogP contribution in [0.1, 0.15) is 51.5 Å². The van der Waals surface area contributed by atoms with E-state index in [2.05, 4.69) is 12.2 Å². The summed E-state index contributed by atoms with van der Waals surface area (Å²) in [4.78, 5) is 23.3. The summed E-state index contributed by atoms with van der Waals surface area (Å²) in [6.07, 6.45) is 1.85. The Morgan fingerprint density at radius 1 is 1.18 bits per heavy atom. The molecule has 0 aliphatic carbocycles. The van der Waals surface area contributed by atoms with Gasteiger partial charge < -0.3 is 10.4 Å². The Morgan fingerprint density at radius 2 is 1.82 bits per heavy atom. The fourth-order valence-electron chi connectivity index (χ4n) is 2.60. The van der Waals surface area contributed by atoms with E-state index in [1.54, 1.807) is 0 Å². The molecule has 0 fully saturated rings. The summed E-state index contributed by atoms with van der Waals surface area (Å²) in [5, 5.41) is 12.0. The predicted octanol–water partition coefficient (Wildman–Crippen LogP) is 3.43. The van der Waals surface area contributed by atoms with Gasteiger partial charge in [-0.05, 0) is 30.2 Å². The number of hydrogen-bond acceptors (Lipinski definition) is 2. The van der Waals surface area contributed by atoms with Crippen LogP contribution in [-0.2, 0) is 9.59 Å². The molecule has 1 rings (SSSR count). The topological polar surface area (TPSA) is 66.4 Å². The van der Waals surface area contributed by atoms with Gasteiger partial charge >= 0.3 is 5.97 Å². The van der Waals surface area contributed by atoms with Crippen LogP contribution < -0.4 is 5.32 Å². The number of amides is 1. The Balaban J connectivity index is 2.52. The molecule has 0 aliphatic rings. The van der Waals surface area contributed by atoms with E-state index in [-0.39, 0.29) is 18.4 Å². The van der Waals surface area contributed by atoms with Gasteiger partial charge in [0.2, 0.25) is 5.91 Å². The smallest absolute Gasteiger partial charge is 0.308 e. The van der Waals surface area contributed by atoms with Gasteiger partial charge in [-0.1, -0.05) is 51.1 Å². The zero-order valence-electron chi connectivity index (χ0n) is 13.7. The number of carboxylic acid groups (broad SMARTS) is 1. The number of carbonyl (C=O) groups is 2. The van der Waals surface area contributed by atoms with Crippen LogP contribution >= 0.6 is 0 Å². The van der Waals surface area contributed by atoms with Crippen molar-refractivity contribution < 1.29 is 14.7 Å². The molecular formula is C18H27NO3. The highest BCUT2D eigenvalue weighted by molar-refractivity contribution is 5.78. The van der Waals surface area contributed by atoms with Gasteiger partial charge in [0.25, 0.3) is 0 Å². The zero-order valence-corrected chi connectivity index (χ0v) is 13.7. The lowest BCUT2D eigenvalue weighted by Crippen LogP contribution is -2.34. The first-order valence-electron chi connectivity index (χ1n) is 7.98. The molecule has 122 valence electrons. The summed E-state index contributed by atoms with van der Waals surface area (Å²) in [6, 6.07) is 9.96. The Kier molecular flexibility index (Phi) is 7.64. The Bertz CT molecular complexity index is 470. The van der Waals surface area contributed by atoms with Gasteiger partial charge in [0.15, 0.2) is 0 Å². The lowest BCUT2D eigenvalue weighted by molar-refractivity contribution is -0.142. The Hall–Kier alpha value is -1.84. The minimum atomic E-state index is -0.843. The van der Waals surface area contributed by atoms with Crippen LogP contribution in [0.2, 0.25) is 0 Å². The molecule has 4 heteroatoms. The molecule has 2 unspecified atom stereocenters. The first-order valence-corrected chi connectivity index (χ1v) is 7.98. The third-order valence-corrected chi connectivity index (χ3v) is 3.85. The second kappa shape index (κ2) is 9.23. The van der Waals surface area contributed by atoms with Gasteiger partial charge in [-0.25, -0.2) is 0 Å². The molecule has 2 N–H and O–H groups in total. The molecule has 0 radical (unpaired) electrons. The number of carbonyl (C=O) groups excluding carboxylic acids is 1. The summed E-state index contributed by atoms with van der Waals surface area (Å²) < 4.78 is 0. The minimum Gasteiger partial charge on any atom is -0.481 e. The predicted molar refractivity (Wildman–Crippen MR) is 87.7 cm³/mol. The van der Waals surface area contributed by atoms with Crippen molar-refractivity contribution >= 4 is 11.9 Å². The van der Waals surface area contributed by atoms with Gasteiger partial charge in [0.1, 0.15) is 0 Å². The lowest BCUT2D eigenvalue weighted by Gasteiger charge is -2.18. The molecule has 2 atom stereocenters. The molecule has 1 aromatic carbocycles. The van der Waals surface area contributed by atoms with Crippen LogP contribution in [0.3, 0.4) is 0 Å². The zero-order chi connectivity index (χ0) is 16.5. The van der Waals surface area contributed by atoms with Crippen LogP contribution in [0.4, 0.5) is 0 Å². The SMILES string of the molecule is CCC(CC(=O)NCC(CC(C)C)C(=O)O)c1ccccc1. The van der Waals surface area contributed by atoms with Gasteiger partial charge in [-0.3, -0.25) is 9.59 Å². The van der Waals surface area contributed by atoms with Crippen LogP contribution in [0.5, 0.6) is 0 Å². The van der Waals surface area contributed by atoms with Crippen molar-refractivity contribution in [3.8, 4) is 0 Å². The standard InChI is InChI=1S/C18H27NO3/c1-4-14(15-8-6-5-7-9-15)11-17(20)19-12-16(18(21)22)10-13(2)3/h5-9,13-14,16H,4,10-12H2,1-3H3,(H,19,20)(H,21,22). The summed E-state index contributed by atoms with van der Waals surface area (Å²) in [5.41, 5.74) is 1.15. The number of hydrogen-bond donors (Lipinski definition) is 2. The maximum Gasteiger partial charge on any atom is 0.308 e. The first-order chi connectivity index (χ1) is 10.4. The molecule has 1 aromatic rings. The molecule has 1 amide bonds. The normalized spacial score (nSPS) is 13.6. The van der Waals surface area contributed by atoms with E-state index in [4.69, 9.17) is 0 Å². The fourth-order valence-corrected chi connectivity index (χ4v) is 2.60. The third-order valence-electron chi connectivity index (χ3n) is 3.85. The van der Waals surface area contributed by atoms with E-state index in [1.165, 1.54) is 0 Å². The van der Waals surface area contributed by atoms with Crippen molar-refractivity contribution in [1.29, 1.82) is 0 Å². The van der Waals surface area contributed by atoms with Crippen molar-refractivity contribution in [3.63, 3.8) is 0 Å². The van der Waals surface area contributed by atoms with Crippen LogP contribution in [0, 0.1) is 11.8 Å². The fraction of sp³-hybridized carbons (Fsp3) is 0.556. The summed E-state index contributed by atoms with van der Waals surface area (Å²) >= 11 is 0.